The van der Waals surface area contributed by atoms with Crippen molar-refractivity contribution in [2.75, 3.05) is 0 Å². The van der Waals surface area contributed by atoms with Crippen LogP contribution in [0.2, 0.25) is 0 Å². The minimum atomic E-state index is -0.214. The minimum absolute atomic E-state index is 0.0907. The maximum absolute atomic E-state index is 13.0. The van der Waals surface area contributed by atoms with Gasteiger partial charge in [0.25, 0.3) is 0 Å². The fraction of sp³-hybridized carbons (Fsp3) is 0.417. The van der Waals surface area contributed by atoms with Gasteiger partial charge >= 0.3 is 0 Å². The summed E-state index contributed by atoms with van der Waals surface area (Å²) in [6, 6.07) is 8.84. The number of piperidine rings is 1. The van der Waals surface area contributed by atoms with Crippen LogP contribution in [0.4, 0.5) is 4.39 Å². The van der Waals surface area contributed by atoms with E-state index in [1.807, 2.05) is 6.07 Å². The van der Waals surface area contributed by atoms with E-state index in [-0.39, 0.29) is 17.9 Å². The van der Waals surface area contributed by atoms with E-state index in [1.54, 1.807) is 6.07 Å². The summed E-state index contributed by atoms with van der Waals surface area (Å²) < 4.78 is 13.0. The lowest BCUT2D eigenvalue weighted by Gasteiger charge is -2.27. The molecule has 1 heterocycles. The Balaban J connectivity index is 2.14. The molecule has 0 spiro atoms. The summed E-state index contributed by atoms with van der Waals surface area (Å²) in [7, 11) is 0. The summed E-state index contributed by atoms with van der Waals surface area (Å²) in [6.45, 7) is 0. The van der Waals surface area contributed by atoms with Crippen LogP contribution in [0.25, 0.3) is 0 Å². The third-order valence-corrected chi connectivity index (χ3v) is 2.79. The van der Waals surface area contributed by atoms with Crippen molar-refractivity contribution in [2.45, 2.75) is 31.3 Å². The molecule has 1 aromatic carbocycles. The zero-order valence-electron chi connectivity index (χ0n) is 8.41. The predicted octanol–water partition coefficient (Wildman–Crippen LogP) is 2.53. The van der Waals surface area contributed by atoms with Gasteiger partial charge in [-0.2, -0.15) is 5.26 Å². The van der Waals surface area contributed by atoms with Gasteiger partial charge in [0.15, 0.2) is 0 Å². The number of benzene rings is 1. The van der Waals surface area contributed by atoms with Gasteiger partial charge in [-0.1, -0.05) is 12.1 Å². The number of halogens is 1. The average molecular weight is 204 g/mol. The van der Waals surface area contributed by atoms with Gasteiger partial charge in [-0.3, -0.25) is 5.32 Å². The molecule has 1 aromatic rings. The second kappa shape index (κ2) is 4.41. The number of hydrogen-bond donors (Lipinski definition) is 1. The lowest BCUT2D eigenvalue weighted by atomic mass is 9.94. The standard InChI is InChI=1S/C12H13FN2/c13-10-4-1-3-9(7-10)12-6-2-5-11(8-14)15-12/h1,3-4,7,11-12,15H,2,5-6H2. The van der Waals surface area contributed by atoms with Crippen LogP contribution in [-0.2, 0) is 0 Å². The van der Waals surface area contributed by atoms with E-state index in [4.69, 9.17) is 5.26 Å². The van der Waals surface area contributed by atoms with Crippen molar-refractivity contribution >= 4 is 0 Å². The molecule has 1 saturated heterocycles. The third-order valence-electron chi connectivity index (χ3n) is 2.79. The summed E-state index contributed by atoms with van der Waals surface area (Å²) in [5.41, 5.74) is 0.940. The van der Waals surface area contributed by atoms with Gasteiger partial charge in [0, 0.05) is 6.04 Å². The Morgan fingerprint density at radius 2 is 2.27 bits per heavy atom. The molecule has 0 aromatic heterocycles. The molecule has 0 bridgehead atoms. The Kier molecular flexibility index (Phi) is 2.98. The Bertz CT molecular complexity index is 383. The summed E-state index contributed by atoms with van der Waals surface area (Å²) in [5, 5.41) is 12.0. The maximum Gasteiger partial charge on any atom is 0.123 e. The molecule has 0 radical (unpaired) electrons. The van der Waals surface area contributed by atoms with Gasteiger partial charge in [-0.15, -0.1) is 0 Å². The van der Waals surface area contributed by atoms with E-state index < -0.39 is 0 Å². The van der Waals surface area contributed by atoms with Gasteiger partial charge in [-0.05, 0) is 37.0 Å². The number of rotatable bonds is 1. The molecule has 3 heteroatoms. The van der Waals surface area contributed by atoms with Crippen LogP contribution in [0.5, 0.6) is 0 Å². The van der Waals surface area contributed by atoms with Gasteiger partial charge in [0.1, 0.15) is 5.82 Å². The van der Waals surface area contributed by atoms with E-state index in [9.17, 15) is 4.39 Å². The first kappa shape index (κ1) is 10.1. The summed E-state index contributed by atoms with van der Waals surface area (Å²) in [6.07, 6.45) is 2.89. The first-order chi connectivity index (χ1) is 7.29. The topological polar surface area (TPSA) is 35.8 Å². The van der Waals surface area contributed by atoms with Gasteiger partial charge in [0.05, 0.1) is 12.1 Å². The lowest BCUT2D eigenvalue weighted by molar-refractivity contribution is 0.367. The zero-order valence-corrected chi connectivity index (χ0v) is 8.41. The second-order valence-corrected chi connectivity index (χ2v) is 3.89. The van der Waals surface area contributed by atoms with Crippen LogP contribution in [0.15, 0.2) is 24.3 Å². The van der Waals surface area contributed by atoms with E-state index >= 15 is 0 Å². The molecule has 0 aliphatic carbocycles. The third kappa shape index (κ3) is 2.34. The molecule has 15 heavy (non-hydrogen) atoms. The molecule has 2 rings (SSSR count). The molecular weight excluding hydrogens is 191 g/mol. The van der Waals surface area contributed by atoms with Crippen molar-refractivity contribution in [3.05, 3.63) is 35.6 Å². The molecule has 2 atom stereocenters. The fourth-order valence-electron chi connectivity index (χ4n) is 2.02. The van der Waals surface area contributed by atoms with Gasteiger partial charge in [-0.25, -0.2) is 4.39 Å². The lowest BCUT2D eigenvalue weighted by Crippen LogP contribution is -2.35. The summed E-state index contributed by atoms with van der Waals surface area (Å²) >= 11 is 0. The zero-order chi connectivity index (χ0) is 10.7. The van der Waals surface area contributed by atoms with E-state index in [0.29, 0.717) is 0 Å². The normalized spacial score (nSPS) is 25.9. The number of nitrogens with one attached hydrogen (secondary N) is 1. The molecule has 0 amide bonds. The highest BCUT2D eigenvalue weighted by Gasteiger charge is 2.21. The Labute approximate surface area is 88.7 Å². The van der Waals surface area contributed by atoms with E-state index in [0.717, 1.165) is 24.8 Å². The number of nitriles is 1. The molecular formula is C12H13FN2. The first-order valence-electron chi connectivity index (χ1n) is 5.21. The second-order valence-electron chi connectivity index (χ2n) is 3.89. The average Bonchev–Trinajstić information content (AvgIpc) is 2.29. The van der Waals surface area contributed by atoms with E-state index in [2.05, 4.69) is 11.4 Å². The summed E-state index contributed by atoms with van der Waals surface area (Å²) in [4.78, 5) is 0. The quantitative estimate of drug-likeness (QED) is 0.763. The summed E-state index contributed by atoms with van der Waals surface area (Å²) in [5.74, 6) is -0.214. The SMILES string of the molecule is N#CC1CCCC(c2cccc(F)c2)N1. The Morgan fingerprint density at radius 3 is 3.00 bits per heavy atom. The van der Waals surface area contributed by atoms with Crippen LogP contribution >= 0.6 is 0 Å². The smallest absolute Gasteiger partial charge is 0.123 e. The molecule has 1 aliphatic rings. The highest BCUT2D eigenvalue weighted by atomic mass is 19.1. The minimum Gasteiger partial charge on any atom is -0.295 e. The van der Waals surface area contributed by atoms with Crippen molar-refractivity contribution < 1.29 is 4.39 Å². The van der Waals surface area contributed by atoms with E-state index in [1.165, 1.54) is 12.1 Å². The molecule has 1 aliphatic heterocycles. The van der Waals surface area contributed by atoms with Crippen molar-refractivity contribution in [3.8, 4) is 6.07 Å². The highest BCUT2D eigenvalue weighted by molar-refractivity contribution is 5.21. The Morgan fingerprint density at radius 1 is 1.40 bits per heavy atom. The molecule has 2 unspecified atom stereocenters. The van der Waals surface area contributed by atoms with Crippen LogP contribution in [0.1, 0.15) is 30.9 Å². The maximum atomic E-state index is 13.0. The van der Waals surface area contributed by atoms with Crippen LogP contribution in [0.3, 0.4) is 0 Å². The first-order valence-corrected chi connectivity index (χ1v) is 5.21. The highest BCUT2D eigenvalue weighted by Crippen LogP contribution is 2.25. The molecule has 1 N–H and O–H groups in total. The van der Waals surface area contributed by atoms with Crippen LogP contribution in [-0.4, -0.2) is 6.04 Å². The van der Waals surface area contributed by atoms with Crippen molar-refractivity contribution in [2.24, 2.45) is 0 Å². The molecule has 78 valence electrons. The molecule has 2 nitrogen and oxygen atoms in total. The van der Waals surface area contributed by atoms with Crippen molar-refractivity contribution in [1.29, 1.82) is 5.26 Å². The largest absolute Gasteiger partial charge is 0.295 e. The van der Waals surface area contributed by atoms with Gasteiger partial charge < -0.3 is 0 Å². The predicted molar refractivity (Wildman–Crippen MR) is 55.5 cm³/mol. The number of nitrogens with zero attached hydrogens (tertiary/aromatic N) is 1. The van der Waals surface area contributed by atoms with Crippen LogP contribution in [0, 0.1) is 17.1 Å². The Hall–Kier alpha value is -1.40. The van der Waals surface area contributed by atoms with Crippen LogP contribution < -0.4 is 5.32 Å². The molecule has 1 fully saturated rings. The number of hydrogen-bond acceptors (Lipinski definition) is 2. The molecule has 0 saturated carbocycles. The van der Waals surface area contributed by atoms with Crippen molar-refractivity contribution in [1.82, 2.24) is 5.32 Å². The fourth-order valence-corrected chi connectivity index (χ4v) is 2.02. The van der Waals surface area contributed by atoms with Gasteiger partial charge in [0.2, 0.25) is 0 Å². The monoisotopic (exact) mass is 204 g/mol. The van der Waals surface area contributed by atoms with Crippen molar-refractivity contribution in [3.63, 3.8) is 0 Å².